The molecule has 1 heterocycles. The molecule has 15 heavy (non-hydrogen) atoms. The number of nitrogens with one attached hydrogen (secondary N) is 1. The Labute approximate surface area is 86.2 Å². The zero-order valence-electron chi connectivity index (χ0n) is 7.58. The normalized spacial score (nSPS) is 23.1. The van der Waals surface area contributed by atoms with Crippen LogP contribution in [0.5, 0.6) is 0 Å². The minimum atomic E-state index is -3.21. The molecule has 0 aromatic heterocycles. The summed E-state index contributed by atoms with van der Waals surface area (Å²) in [5, 5.41) is 11.6. The average Bonchev–Trinajstić information content (AvgIpc) is 2.42. The molecule has 2 N–H and O–H groups in total. The minimum Gasteiger partial charge on any atom is -0.478 e. The average molecular weight is 231 g/mol. The van der Waals surface area contributed by atoms with E-state index in [0.717, 1.165) is 11.5 Å². The predicted molar refractivity (Wildman–Crippen MR) is 51.6 cm³/mol. The largest absolute Gasteiger partial charge is 0.478 e. The number of sulfone groups is 1. The van der Waals surface area contributed by atoms with E-state index in [2.05, 4.69) is 5.32 Å². The Kier molecular flexibility index (Phi) is 3.25. The molecule has 1 aliphatic rings. The van der Waals surface area contributed by atoms with E-state index in [0.29, 0.717) is 6.08 Å². The number of carbonyl (C=O) groups excluding carboxylic acids is 1. The molecule has 0 aliphatic carbocycles. The smallest absolute Gasteiger partial charge is 0.328 e. The number of amides is 1. The van der Waals surface area contributed by atoms with E-state index >= 15 is 0 Å². The Morgan fingerprint density at radius 3 is 2.53 bits per heavy atom. The van der Waals surface area contributed by atoms with Crippen LogP contribution in [0.4, 0.5) is 0 Å². The van der Waals surface area contributed by atoms with Crippen LogP contribution in [0.2, 0.25) is 0 Å². The topological polar surface area (TPSA) is 101 Å². The standard InChI is InChI=1S/C8H9NO5S/c10-7(1-2-8(11)12)9-6-3-4-15(13,14)5-6/h1-4,6H,5H2,(H,9,10)(H,11,12)/b2-1-. The zero-order valence-corrected chi connectivity index (χ0v) is 8.40. The summed E-state index contributed by atoms with van der Waals surface area (Å²) in [4.78, 5) is 21.1. The summed E-state index contributed by atoms with van der Waals surface area (Å²) >= 11 is 0. The van der Waals surface area contributed by atoms with Crippen molar-refractivity contribution >= 4 is 21.7 Å². The molecule has 0 bridgehead atoms. The van der Waals surface area contributed by atoms with E-state index in [1.54, 1.807) is 0 Å². The maximum atomic E-state index is 11.0. The van der Waals surface area contributed by atoms with Crippen molar-refractivity contribution in [3.8, 4) is 0 Å². The lowest BCUT2D eigenvalue weighted by atomic mass is 10.3. The van der Waals surface area contributed by atoms with Crippen molar-refractivity contribution in [1.29, 1.82) is 0 Å². The van der Waals surface area contributed by atoms with Gasteiger partial charge in [0.25, 0.3) is 0 Å². The highest BCUT2D eigenvalue weighted by atomic mass is 32.2. The molecule has 1 atom stereocenters. The summed E-state index contributed by atoms with van der Waals surface area (Å²) in [6, 6.07) is -0.582. The van der Waals surface area contributed by atoms with Gasteiger partial charge in [-0.2, -0.15) is 0 Å². The van der Waals surface area contributed by atoms with Gasteiger partial charge in [0.1, 0.15) is 0 Å². The Morgan fingerprint density at radius 2 is 2.07 bits per heavy atom. The van der Waals surface area contributed by atoms with E-state index in [4.69, 9.17) is 5.11 Å². The van der Waals surface area contributed by atoms with Crippen LogP contribution in [0.15, 0.2) is 23.6 Å². The van der Waals surface area contributed by atoms with Crippen LogP contribution >= 0.6 is 0 Å². The maximum Gasteiger partial charge on any atom is 0.328 e. The van der Waals surface area contributed by atoms with Crippen LogP contribution in [-0.2, 0) is 19.4 Å². The van der Waals surface area contributed by atoms with Crippen LogP contribution in [-0.4, -0.2) is 37.2 Å². The Bertz CT molecular complexity index is 434. The van der Waals surface area contributed by atoms with E-state index in [-0.39, 0.29) is 5.75 Å². The van der Waals surface area contributed by atoms with Crippen molar-refractivity contribution in [1.82, 2.24) is 5.32 Å². The van der Waals surface area contributed by atoms with E-state index in [1.165, 1.54) is 6.08 Å². The van der Waals surface area contributed by atoms with Gasteiger partial charge >= 0.3 is 5.97 Å². The fourth-order valence-electron chi connectivity index (χ4n) is 1.04. The predicted octanol–water partition coefficient (Wildman–Crippen LogP) is -0.946. The number of hydrogen-bond donors (Lipinski definition) is 2. The fourth-order valence-corrected chi connectivity index (χ4v) is 2.28. The quantitative estimate of drug-likeness (QED) is 0.610. The second kappa shape index (κ2) is 4.26. The van der Waals surface area contributed by atoms with Gasteiger partial charge in [-0.25, -0.2) is 13.2 Å². The lowest BCUT2D eigenvalue weighted by Gasteiger charge is -2.06. The SMILES string of the molecule is O=C(O)/C=C\C(=O)NC1C=CS(=O)(=O)C1. The molecule has 0 fully saturated rings. The first-order valence-corrected chi connectivity index (χ1v) is 5.73. The summed E-state index contributed by atoms with van der Waals surface area (Å²) in [6.45, 7) is 0. The van der Waals surface area contributed by atoms with Gasteiger partial charge in [0, 0.05) is 17.6 Å². The van der Waals surface area contributed by atoms with Gasteiger partial charge in [-0.1, -0.05) is 0 Å². The van der Waals surface area contributed by atoms with Gasteiger partial charge in [-0.3, -0.25) is 4.79 Å². The summed E-state index contributed by atoms with van der Waals surface area (Å²) in [7, 11) is -3.21. The summed E-state index contributed by atoms with van der Waals surface area (Å²) in [5.74, 6) is -2.05. The van der Waals surface area contributed by atoms with Crippen molar-refractivity contribution in [3.05, 3.63) is 23.6 Å². The molecule has 6 nitrogen and oxygen atoms in total. The molecule has 1 aliphatic heterocycles. The van der Waals surface area contributed by atoms with Crippen LogP contribution < -0.4 is 5.32 Å². The third-order valence-electron chi connectivity index (χ3n) is 1.64. The van der Waals surface area contributed by atoms with Crippen molar-refractivity contribution in [2.75, 3.05) is 5.75 Å². The van der Waals surface area contributed by atoms with Crippen molar-refractivity contribution in [3.63, 3.8) is 0 Å². The van der Waals surface area contributed by atoms with Crippen molar-refractivity contribution in [2.45, 2.75) is 6.04 Å². The summed E-state index contributed by atoms with van der Waals surface area (Å²) < 4.78 is 21.9. The van der Waals surface area contributed by atoms with Crippen LogP contribution in [0.3, 0.4) is 0 Å². The number of aliphatic carboxylic acids is 1. The van der Waals surface area contributed by atoms with Gasteiger partial charge in [-0.05, 0) is 6.08 Å². The summed E-state index contributed by atoms with van der Waals surface area (Å²) in [5.41, 5.74) is 0. The van der Waals surface area contributed by atoms with Gasteiger partial charge in [-0.15, -0.1) is 0 Å². The fraction of sp³-hybridized carbons (Fsp3) is 0.250. The first-order chi connectivity index (χ1) is 6.89. The highest BCUT2D eigenvalue weighted by molar-refractivity contribution is 7.94. The first kappa shape index (κ1) is 11.4. The molecule has 82 valence electrons. The molecule has 1 rings (SSSR count). The second-order valence-corrected chi connectivity index (χ2v) is 4.88. The molecule has 0 saturated carbocycles. The number of rotatable bonds is 3. The van der Waals surface area contributed by atoms with Gasteiger partial charge < -0.3 is 10.4 Å². The number of carboxylic acid groups (broad SMARTS) is 1. The molecule has 0 aromatic rings. The highest BCUT2D eigenvalue weighted by Gasteiger charge is 2.22. The lowest BCUT2D eigenvalue weighted by molar-refractivity contribution is -0.131. The number of carboxylic acids is 1. The third-order valence-corrected chi connectivity index (χ3v) is 3.03. The van der Waals surface area contributed by atoms with Gasteiger partial charge in [0.05, 0.1) is 11.8 Å². The number of hydrogen-bond acceptors (Lipinski definition) is 4. The van der Waals surface area contributed by atoms with Crippen molar-refractivity contribution in [2.24, 2.45) is 0 Å². The monoisotopic (exact) mass is 231 g/mol. The molecule has 7 heteroatoms. The molecule has 0 aromatic carbocycles. The summed E-state index contributed by atoms with van der Waals surface area (Å²) in [6.07, 6.45) is 2.87. The Morgan fingerprint density at radius 1 is 1.40 bits per heavy atom. The molecule has 1 amide bonds. The lowest BCUT2D eigenvalue weighted by Crippen LogP contribution is -2.34. The molecule has 0 saturated heterocycles. The third kappa shape index (κ3) is 3.94. The Hall–Kier alpha value is -1.63. The first-order valence-electron chi connectivity index (χ1n) is 4.01. The zero-order chi connectivity index (χ0) is 11.5. The molecule has 0 radical (unpaired) electrons. The van der Waals surface area contributed by atoms with Crippen molar-refractivity contribution < 1.29 is 23.1 Å². The molecule has 1 unspecified atom stereocenters. The second-order valence-electron chi connectivity index (χ2n) is 2.94. The van der Waals surface area contributed by atoms with Gasteiger partial charge in [0.2, 0.25) is 5.91 Å². The van der Waals surface area contributed by atoms with E-state index in [9.17, 15) is 18.0 Å². The molecule has 0 spiro atoms. The van der Waals surface area contributed by atoms with E-state index in [1.807, 2.05) is 0 Å². The molecular formula is C8H9NO5S. The van der Waals surface area contributed by atoms with E-state index < -0.39 is 27.8 Å². The minimum absolute atomic E-state index is 0.181. The maximum absolute atomic E-state index is 11.0. The van der Waals surface area contributed by atoms with Crippen LogP contribution in [0.25, 0.3) is 0 Å². The van der Waals surface area contributed by atoms with Gasteiger partial charge in [0.15, 0.2) is 9.84 Å². The van der Waals surface area contributed by atoms with Crippen LogP contribution in [0, 0.1) is 0 Å². The van der Waals surface area contributed by atoms with Crippen LogP contribution in [0.1, 0.15) is 0 Å². The number of carbonyl (C=O) groups is 2. The highest BCUT2D eigenvalue weighted by Crippen LogP contribution is 2.07. The molecular weight excluding hydrogens is 222 g/mol. The Balaban J connectivity index is 2.48.